The smallest absolute Gasteiger partial charge is 0.337 e. The van der Waals surface area contributed by atoms with Crippen LogP contribution in [0.15, 0.2) is 23.1 Å². The number of carboxylic acids is 1. The topological polar surface area (TPSA) is 101 Å². The van der Waals surface area contributed by atoms with Gasteiger partial charge in [-0.05, 0) is 6.07 Å². The van der Waals surface area contributed by atoms with E-state index in [4.69, 9.17) is 9.84 Å². The van der Waals surface area contributed by atoms with Gasteiger partial charge in [0, 0.05) is 11.8 Å². The van der Waals surface area contributed by atoms with Gasteiger partial charge in [-0.25, -0.2) is 13.2 Å². The number of aliphatic carboxylic acids is 1. The molecule has 1 aromatic carbocycles. The molecule has 0 aromatic heterocycles. The third-order valence-electron chi connectivity index (χ3n) is 2.13. The molecule has 0 heterocycles. The molecule has 1 aromatic rings. The Hall–Kier alpha value is -1.60. The molecule has 6 nitrogen and oxygen atoms in total. The van der Waals surface area contributed by atoms with Crippen molar-refractivity contribution < 1.29 is 28.2 Å². The van der Waals surface area contributed by atoms with Crippen molar-refractivity contribution in [3.8, 4) is 5.75 Å². The Morgan fingerprint density at radius 2 is 2.00 bits per heavy atom. The minimum Gasteiger partial charge on any atom is -0.495 e. The van der Waals surface area contributed by atoms with Crippen LogP contribution in [0.3, 0.4) is 0 Å². The minimum atomic E-state index is -3.70. The highest BCUT2D eigenvalue weighted by molar-refractivity contribution is 7.90. The zero-order valence-electron chi connectivity index (χ0n) is 9.25. The molecule has 0 aliphatic heterocycles. The number of aliphatic hydroxyl groups excluding tert-OH is 1. The lowest BCUT2D eigenvalue weighted by Gasteiger charge is -2.14. The molecule has 2 N–H and O–H groups in total. The predicted octanol–water partition coefficient (Wildman–Crippen LogP) is 0.217. The number of carbonyl (C=O) groups is 1. The monoisotopic (exact) mass is 260 g/mol. The molecule has 1 atom stereocenters. The lowest BCUT2D eigenvalue weighted by Crippen LogP contribution is -2.15. The number of sulfone groups is 1. The standard InChI is InChI=1S/C10H12O6S/c1-16-7-5-3-4-6(8(11)10(12)13)9(7)17(2,14)15/h3-5,8,11H,1-2H3,(H,12,13). The summed E-state index contributed by atoms with van der Waals surface area (Å²) in [5.41, 5.74) is -0.209. The highest BCUT2D eigenvalue weighted by atomic mass is 32.2. The first-order chi connectivity index (χ1) is 7.79. The number of hydrogen-bond donors (Lipinski definition) is 2. The molecule has 7 heteroatoms. The van der Waals surface area contributed by atoms with E-state index in [0.717, 1.165) is 6.26 Å². The average Bonchev–Trinajstić information content (AvgIpc) is 2.25. The molecule has 0 spiro atoms. The van der Waals surface area contributed by atoms with Gasteiger partial charge in [-0.2, -0.15) is 0 Å². The number of hydrogen-bond acceptors (Lipinski definition) is 5. The number of methoxy groups -OCH3 is 1. The molecule has 0 saturated carbocycles. The second-order valence-electron chi connectivity index (χ2n) is 3.39. The van der Waals surface area contributed by atoms with Gasteiger partial charge in [0.2, 0.25) is 0 Å². The molecular weight excluding hydrogens is 248 g/mol. The summed E-state index contributed by atoms with van der Waals surface area (Å²) in [5, 5.41) is 18.1. The molecule has 0 amide bonds. The molecular formula is C10H12O6S. The number of rotatable bonds is 4. The number of aliphatic hydroxyl groups is 1. The lowest BCUT2D eigenvalue weighted by molar-refractivity contribution is -0.147. The van der Waals surface area contributed by atoms with Gasteiger partial charge >= 0.3 is 5.97 Å². The van der Waals surface area contributed by atoms with Crippen molar-refractivity contribution >= 4 is 15.8 Å². The van der Waals surface area contributed by atoms with Gasteiger partial charge in [-0.3, -0.25) is 0 Å². The third kappa shape index (κ3) is 2.75. The van der Waals surface area contributed by atoms with Crippen LogP contribution < -0.4 is 4.74 Å². The maximum absolute atomic E-state index is 11.6. The fourth-order valence-corrected chi connectivity index (χ4v) is 2.56. The summed E-state index contributed by atoms with van der Waals surface area (Å²) >= 11 is 0. The lowest BCUT2D eigenvalue weighted by atomic mass is 10.1. The van der Waals surface area contributed by atoms with Gasteiger partial charge < -0.3 is 14.9 Å². The molecule has 1 rings (SSSR count). The maximum Gasteiger partial charge on any atom is 0.337 e. The molecule has 0 aliphatic carbocycles. The Kier molecular flexibility index (Phi) is 3.74. The van der Waals surface area contributed by atoms with E-state index in [1.807, 2.05) is 0 Å². The van der Waals surface area contributed by atoms with Crippen LogP contribution in [0, 0.1) is 0 Å². The van der Waals surface area contributed by atoms with Gasteiger partial charge in [0.05, 0.1) is 7.11 Å². The van der Waals surface area contributed by atoms with Crippen molar-refractivity contribution in [2.45, 2.75) is 11.0 Å². The van der Waals surface area contributed by atoms with Gasteiger partial charge in [0.15, 0.2) is 15.9 Å². The molecule has 17 heavy (non-hydrogen) atoms. The Labute approximate surface area is 98.4 Å². The maximum atomic E-state index is 11.6. The molecule has 1 unspecified atom stereocenters. The van der Waals surface area contributed by atoms with Crippen LogP contribution in [-0.4, -0.2) is 38.0 Å². The second-order valence-corrected chi connectivity index (χ2v) is 5.34. The minimum absolute atomic E-state index is 0.00491. The summed E-state index contributed by atoms with van der Waals surface area (Å²) in [6, 6.07) is 4.03. The summed E-state index contributed by atoms with van der Waals surface area (Å²) in [6.07, 6.45) is -0.988. The summed E-state index contributed by atoms with van der Waals surface area (Å²) in [7, 11) is -2.44. The van der Waals surface area contributed by atoms with Crippen molar-refractivity contribution in [1.29, 1.82) is 0 Å². The first-order valence-corrected chi connectivity index (χ1v) is 6.46. The van der Waals surface area contributed by atoms with Crippen LogP contribution in [0.5, 0.6) is 5.75 Å². The van der Waals surface area contributed by atoms with Crippen LogP contribution in [0.25, 0.3) is 0 Å². The van der Waals surface area contributed by atoms with Crippen LogP contribution in [0.1, 0.15) is 11.7 Å². The zero-order valence-corrected chi connectivity index (χ0v) is 10.1. The molecule has 94 valence electrons. The Bertz CT molecular complexity index is 534. The van der Waals surface area contributed by atoms with Gasteiger partial charge in [-0.15, -0.1) is 0 Å². The number of ether oxygens (including phenoxy) is 1. The van der Waals surface area contributed by atoms with Crippen LogP contribution >= 0.6 is 0 Å². The highest BCUT2D eigenvalue weighted by Crippen LogP contribution is 2.31. The van der Waals surface area contributed by atoms with Gasteiger partial charge in [0.25, 0.3) is 0 Å². The third-order valence-corrected chi connectivity index (χ3v) is 3.31. The fraction of sp³-hybridized carbons (Fsp3) is 0.300. The van der Waals surface area contributed by atoms with E-state index in [1.54, 1.807) is 0 Å². The second kappa shape index (κ2) is 4.72. The van der Waals surface area contributed by atoms with E-state index in [1.165, 1.54) is 25.3 Å². The van der Waals surface area contributed by atoms with Gasteiger partial charge in [-0.1, -0.05) is 12.1 Å². The molecule has 0 bridgehead atoms. The first-order valence-electron chi connectivity index (χ1n) is 4.57. The SMILES string of the molecule is COc1cccc(C(O)C(=O)O)c1S(C)(=O)=O. The van der Waals surface area contributed by atoms with E-state index in [-0.39, 0.29) is 16.2 Å². The first kappa shape index (κ1) is 13.5. The van der Waals surface area contributed by atoms with E-state index in [9.17, 15) is 18.3 Å². The molecule has 0 radical (unpaired) electrons. The van der Waals surface area contributed by atoms with E-state index < -0.39 is 21.9 Å². The fourth-order valence-electron chi connectivity index (χ4n) is 1.44. The van der Waals surface area contributed by atoms with Crippen LogP contribution in [-0.2, 0) is 14.6 Å². The largest absolute Gasteiger partial charge is 0.495 e. The van der Waals surface area contributed by atoms with Crippen molar-refractivity contribution in [2.75, 3.05) is 13.4 Å². The Morgan fingerprint density at radius 1 is 1.41 bits per heavy atom. The van der Waals surface area contributed by atoms with Crippen LogP contribution in [0.2, 0.25) is 0 Å². The van der Waals surface area contributed by atoms with Gasteiger partial charge in [0.1, 0.15) is 10.6 Å². The summed E-state index contributed by atoms with van der Waals surface area (Å²) in [6.45, 7) is 0. The van der Waals surface area contributed by atoms with Crippen LogP contribution in [0.4, 0.5) is 0 Å². The van der Waals surface area contributed by atoms with E-state index in [0.29, 0.717) is 0 Å². The van der Waals surface area contributed by atoms with Crippen molar-refractivity contribution in [3.05, 3.63) is 23.8 Å². The van der Waals surface area contributed by atoms with Crippen molar-refractivity contribution in [1.82, 2.24) is 0 Å². The normalized spacial score (nSPS) is 13.1. The van der Waals surface area contributed by atoms with Crippen molar-refractivity contribution in [3.63, 3.8) is 0 Å². The predicted molar refractivity (Wildman–Crippen MR) is 58.7 cm³/mol. The Balaban J connectivity index is 3.56. The average molecular weight is 260 g/mol. The highest BCUT2D eigenvalue weighted by Gasteiger charge is 2.27. The van der Waals surface area contributed by atoms with Crippen molar-refractivity contribution in [2.24, 2.45) is 0 Å². The summed E-state index contributed by atoms with van der Waals surface area (Å²) in [5.74, 6) is -1.52. The van der Waals surface area contributed by atoms with E-state index >= 15 is 0 Å². The Morgan fingerprint density at radius 3 is 2.41 bits per heavy atom. The zero-order chi connectivity index (χ0) is 13.2. The summed E-state index contributed by atoms with van der Waals surface area (Å²) < 4.78 is 28.0. The number of carboxylic acid groups (broad SMARTS) is 1. The molecule has 0 aliphatic rings. The molecule has 0 fully saturated rings. The summed E-state index contributed by atoms with van der Waals surface area (Å²) in [4.78, 5) is 10.4. The molecule has 0 saturated heterocycles. The van der Waals surface area contributed by atoms with E-state index in [2.05, 4.69) is 0 Å². The number of benzene rings is 1. The quantitative estimate of drug-likeness (QED) is 0.803.